The summed E-state index contributed by atoms with van der Waals surface area (Å²) in [6.07, 6.45) is 5.54. The van der Waals surface area contributed by atoms with E-state index in [-0.39, 0.29) is 5.91 Å². The zero-order chi connectivity index (χ0) is 19.3. The topological polar surface area (TPSA) is 73.4 Å². The fraction of sp³-hybridized carbons (Fsp3) is 0.286. The van der Waals surface area contributed by atoms with Crippen LogP contribution in [0.4, 0.5) is 0 Å². The number of pyridine rings is 1. The Labute approximate surface area is 162 Å². The van der Waals surface area contributed by atoms with Crippen molar-refractivity contribution in [2.75, 3.05) is 20.3 Å². The summed E-state index contributed by atoms with van der Waals surface area (Å²) in [5.41, 5.74) is 2.62. The van der Waals surface area contributed by atoms with Crippen molar-refractivity contribution in [1.29, 1.82) is 0 Å². The number of benzene rings is 1. The first-order valence-corrected chi connectivity index (χ1v) is 9.41. The van der Waals surface area contributed by atoms with Crippen LogP contribution in [-0.2, 0) is 17.7 Å². The standard InChI is InChI=1S/C21H23N5O2/c1-28-14-13-25-12-9-16-15-17(7-8-18(16)25)21(27)22-10-4-6-20-24-23-19-5-2-3-11-26(19)20/h2-3,5,7-9,11-12,15H,4,6,10,13-14H2,1H3,(H,22,27). The highest BCUT2D eigenvalue weighted by atomic mass is 16.5. The highest BCUT2D eigenvalue weighted by Crippen LogP contribution is 2.18. The molecule has 0 bridgehead atoms. The molecule has 0 aliphatic heterocycles. The van der Waals surface area contributed by atoms with E-state index in [0.717, 1.165) is 41.8 Å². The quantitative estimate of drug-likeness (QED) is 0.479. The Bertz CT molecular complexity index is 1100. The molecule has 0 fully saturated rings. The maximum absolute atomic E-state index is 12.5. The minimum absolute atomic E-state index is 0.0577. The van der Waals surface area contributed by atoms with Crippen LogP contribution in [0.25, 0.3) is 16.6 Å². The molecule has 4 rings (SSSR count). The summed E-state index contributed by atoms with van der Waals surface area (Å²) >= 11 is 0. The van der Waals surface area contributed by atoms with E-state index in [1.54, 1.807) is 7.11 Å². The van der Waals surface area contributed by atoms with Crippen molar-refractivity contribution in [1.82, 2.24) is 24.5 Å². The molecule has 1 aromatic carbocycles. The number of carbonyl (C=O) groups is 1. The summed E-state index contributed by atoms with van der Waals surface area (Å²) in [5.74, 6) is 0.848. The number of nitrogens with one attached hydrogen (secondary N) is 1. The van der Waals surface area contributed by atoms with Crippen LogP contribution >= 0.6 is 0 Å². The number of amides is 1. The Hall–Kier alpha value is -3.19. The van der Waals surface area contributed by atoms with Gasteiger partial charge in [0, 0.05) is 55.5 Å². The van der Waals surface area contributed by atoms with Crippen LogP contribution in [-0.4, -0.2) is 45.3 Å². The Balaban J connectivity index is 1.33. The van der Waals surface area contributed by atoms with Crippen molar-refractivity contribution < 1.29 is 9.53 Å². The molecule has 144 valence electrons. The van der Waals surface area contributed by atoms with Crippen molar-refractivity contribution in [3.05, 3.63) is 66.2 Å². The van der Waals surface area contributed by atoms with Crippen LogP contribution in [0.3, 0.4) is 0 Å². The number of rotatable bonds is 8. The smallest absolute Gasteiger partial charge is 0.251 e. The minimum atomic E-state index is -0.0577. The maximum atomic E-state index is 12.5. The number of hydrogen-bond acceptors (Lipinski definition) is 4. The molecule has 0 aliphatic rings. The molecule has 1 N–H and O–H groups in total. The highest BCUT2D eigenvalue weighted by Gasteiger charge is 2.09. The molecule has 1 amide bonds. The van der Waals surface area contributed by atoms with E-state index in [0.29, 0.717) is 18.7 Å². The van der Waals surface area contributed by atoms with Crippen molar-refractivity contribution in [3.63, 3.8) is 0 Å². The summed E-state index contributed by atoms with van der Waals surface area (Å²) in [5, 5.41) is 12.4. The van der Waals surface area contributed by atoms with Gasteiger partial charge in [-0.25, -0.2) is 0 Å². The van der Waals surface area contributed by atoms with E-state index >= 15 is 0 Å². The lowest BCUT2D eigenvalue weighted by atomic mass is 10.1. The first kappa shape index (κ1) is 18.2. The maximum Gasteiger partial charge on any atom is 0.251 e. The van der Waals surface area contributed by atoms with E-state index < -0.39 is 0 Å². The zero-order valence-corrected chi connectivity index (χ0v) is 15.8. The number of methoxy groups -OCH3 is 1. The Morgan fingerprint density at radius 3 is 2.96 bits per heavy atom. The van der Waals surface area contributed by atoms with Crippen molar-refractivity contribution in [2.24, 2.45) is 0 Å². The number of aromatic nitrogens is 4. The number of carbonyl (C=O) groups excluding carboxylic acids is 1. The van der Waals surface area contributed by atoms with Crippen LogP contribution in [0.1, 0.15) is 22.6 Å². The average molecular weight is 377 g/mol. The third kappa shape index (κ3) is 3.75. The Morgan fingerprint density at radius 1 is 1.14 bits per heavy atom. The molecule has 0 aliphatic carbocycles. The van der Waals surface area contributed by atoms with Crippen LogP contribution in [0.5, 0.6) is 0 Å². The molecule has 0 saturated carbocycles. The average Bonchev–Trinajstić information content (AvgIpc) is 3.33. The second-order valence-electron chi connectivity index (χ2n) is 6.68. The molecule has 0 saturated heterocycles. The van der Waals surface area contributed by atoms with Gasteiger partial charge in [-0.05, 0) is 42.8 Å². The molecular formula is C21H23N5O2. The van der Waals surface area contributed by atoms with E-state index in [1.807, 2.05) is 59.3 Å². The van der Waals surface area contributed by atoms with Crippen molar-refractivity contribution in [3.8, 4) is 0 Å². The van der Waals surface area contributed by atoms with Gasteiger partial charge in [0.2, 0.25) is 0 Å². The van der Waals surface area contributed by atoms with Gasteiger partial charge in [0.15, 0.2) is 5.65 Å². The van der Waals surface area contributed by atoms with Gasteiger partial charge in [-0.3, -0.25) is 9.20 Å². The third-order valence-corrected chi connectivity index (χ3v) is 4.82. The van der Waals surface area contributed by atoms with Crippen LogP contribution < -0.4 is 5.32 Å². The molecule has 0 unspecified atom stereocenters. The van der Waals surface area contributed by atoms with E-state index in [1.165, 1.54) is 0 Å². The van der Waals surface area contributed by atoms with E-state index in [4.69, 9.17) is 4.74 Å². The molecule has 3 aromatic heterocycles. The predicted octanol–water partition coefficient (Wildman–Crippen LogP) is 2.69. The normalized spacial score (nSPS) is 11.3. The van der Waals surface area contributed by atoms with Gasteiger partial charge in [0.05, 0.1) is 6.61 Å². The Kier molecular flexibility index (Phi) is 5.34. The summed E-state index contributed by atoms with van der Waals surface area (Å²) in [6.45, 7) is 2.05. The summed E-state index contributed by atoms with van der Waals surface area (Å²) in [7, 11) is 1.69. The fourth-order valence-corrected chi connectivity index (χ4v) is 3.34. The minimum Gasteiger partial charge on any atom is -0.383 e. The third-order valence-electron chi connectivity index (χ3n) is 4.82. The number of aryl methyl sites for hydroxylation is 1. The molecule has 3 heterocycles. The molecule has 7 nitrogen and oxygen atoms in total. The summed E-state index contributed by atoms with van der Waals surface area (Å²) in [6, 6.07) is 13.6. The van der Waals surface area contributed by atoms with Crippen molar-refractivity contribution >= 4 is 22.5 Å². The van der Waals surface area contributed by atoms with Crippen LogP contribution in [0.2, 0.25) is 0 Å². The zero-order valence-electron chi connectivity index (χ0n) is 15.8. The number of nitrogens with zero attached hydrogens (tertiary/aromatic N) is 4. The lowest BCUT2D eigenvalue weighted by Crippen LogP contribution is -2.24. The fourth-order valence-electron chi connectivity index (χ4n) is 3.34. The first-order chi connectivity index (χ1) is 13.8. The van der Waals surface area contributed by atoms with Crippen molar-refractivity contribution in [2.45, 2.75) is 19.4 Å². The number of fused-ring (bicyclic) bond motifs is 2. The van der Waals surface area contributed by atoms with Gasteiger partial charge in [-0.15, -0.1) is 10.2 Å². The first-order valence-electron chi connectivity index (χ1n) is 9.41. The van der Waals surface area contributed by atoms with E-state index in [2.05, 4.69) is 20.1 Å². The molecule has 0 atom stereocenters. The van der Waals surface area contributed by atoms with Gasteiger partial charge in [0.25, 0.3) is 5.91 Å². The van der Waals surface area contributed by atoms with Gasteiger partial charge in [-0.1, -0.05) is 6.07 Å². The summed E-state index contributed by atoms with van der Waals surface area (Å²) in [4.78, 5) is 12.5. The van der Waals surface area contributed by atoms with Gasteiger partial charge >= 0.3 is 0 Å². The van der Waals surface area contributed by atoms with Gasteiger partial charge < -0.3 is 14.6 Å². The number of ether oxygens (including phenoxy) is 1. The molecule has 4 aromatic rings. The molecule has 28 heavy (non-hydrogen) atoms. The second-order valence-corrected chi connectivity index (χ2v) is 6.68. The molecule has 0 spiro atoms. The Morgan fingerprint density at radius 2 is 2.07 bits per heavy atom. The number of hydrogen-bond donors (Lipinski definition) is 1. The second kappa shape index (κ2) is 8.22. The van der Waals surface area contributed by atoms with Crippen LogP contribution in [0.15, 0.2) is 54.9 Å². The predicted molar refractivity (Wildman–Crippen MR) is 107 cm³/mol. The largest absolute Gasteiger partial charge is 0.383 e. The molecular weight excluding hydrogens is 354 g/mol. The molecule has 7 heteroatoms. The van der Waals surface area contributed by atoms with Crippen LogP contribution in [0, 0.1) is 0 Å². The lowest BCUT2D eigenvalue weighted by molar-refractivity contribution is 0.0953. The van der Waals surface area contributed by atoms with Gasteiger partial charge in [0.1, 0.15) is 5.82 Å². The molecule has 0 radical (unpaired) electrons. The SMILES string of the molecule is COCCn1ccc2cc(C(=O)NCCCc3nnc4ccccn34)ccc21. The highest BCUT2D eigenvalue weighted by molar-refractivity contribution is 5.98. The van der Waals surface area contributed by atoms with E-state index in [9.17, 15) is 4.79 Å². The summed E-state index contributed by atoms with van der Waals surface area (Å²) < 4.78 is 9.24. The monoisotopic (exact) mass is 377 g/mol. The lowest BCUT2D eigenvalue weighted by Gasteiger charge is -2.07. The van der Waals surface area contributed by atoms with Gasteiger partial charge in [-0.2, -0.15) is 0 Å².